The molecule has 5 rings (SSSR count). The average Bonchev–Trinajstić information content (AvgIpc) is 3.14. The van der Waals surface area contributed by atoms with Gasteiger partial charge in [0, 0.05) is 31.5 Å². The minimum atomic E-state index is -0.394. The van der Waals surface area contributed by atoms with Crippen LogP contribution in [-0.4, -0.2) is 10.7 Å². The lowest BCUT2D eigenvalue weighted by atomic mass is 9.96. The standard InChI is InChI=1S/C22H14Br2Cl2N2O/c23-13-7-5-12(6-8-13)19-11-20-16-9-14(25)10-18(26)21(16)29-22(28(20)27-19)15-3-1-2-4-17(15)24/h1-10,20,22H,11H2/t20-,22-/m1/s1. The van der Waals surface area contributed by atoms with Crippen LogP contribution in [-0.2, 0) is 0 Å². The Kier molecular flexibility index (Phi) is 5.11. The summed E-state index contributed by atoms with van der Waals surface area (Å²) >= 11 is 20.0. The lowest BCUT2D eigenvalue weighted by Gasteiger charge is -2.39. The van der Waals surface area contributed by atoms with Crippen molar-refractivity contribution in [2.24, 2.45) is 5.10 Å². The summed E-state index contributed by atoms with van der Waals surface area (Å²) in [6, 6.07) is 19.8. The molecule has 7 heteroatoms. The Morgan fingerprint density at radius 2 is 1.72 bits per heavy atom. The van der Waals surface area contributed by atoms with Crippen LogP contribution in [0.15, 0.2) is 74.7 Å². The van der Waals surface area contributed by atoms with Crippen molar-refractivity contribution in [1.82, 2.24) is 5.01 Å². The summed E-state index contributed by atoms with van der Waals surface area (Å²) in [5.74, 6) is 0.672. The van der Waals surface area contributed by atoms with Crippen LogP contribution in [0.4, 0.5) is 0 Å². The van der Waals surface area contributed by atoms with Crippen LogP contribution >= 0.6 is 55.1 Å². The Labute approximate surface area is 195 Å². The third-order valence-electron chi connectivity index (χ3n) is 5.16. The quantitative estimate of drug-likeness (QED) is 0.324. The Balaban J connectivity index is 1.65. The molecule has 3 nitrogen and oxygen atoms in total. The lowest BCUT2D eigenvalue weighted by molar-refractivity contribution is -0.0194. The van der Waals surface area contributed by atoms with E-state index in [0.29, 0.717) is 15.8 Å². The van der Waals surface area contributed by atoms with E-state index in [2.05, 4.69) is 44.0 Å². The van der Waals surface area contributed by atoms with E-state index in [9.17, 15) is 0 Å². The molecule has 0 radical (unpaired) electrons. The molecule has 0 saturated carbocycles. The van der Waals surface area contributed by atoms with E-state index in [4.69, 9.17) is 33.0 Å². The molecule has 0 N–H and O–H groups in total. The van der Waals surface area contributed by atoms with Crippen molar-refractivity contribution in [3.63, 3.8) is 0 Å². The molecule has 2 heterocycles. The van der Waals surface area contributed by atoms with Crippen LogP contribution < -0.4 is 4.74 Å². The van der Waals surface area contributed by atoms with Gasteiger partial charge in [0.1, 0.15) is 5.75 Å². The molecule has 3 aromatic carbocycles. The first-order valence-corrected chi connectivity index (χ1v) is 11.4. The second-order valence-electron chi connectivity index (χ2n) is 6.95. The van der Waals surface area contributed by atoms with Crippen LogP contribution in [0.1, 0.15) is 35.4 Å². The van der Waals surface area contributed by atoms with E-state index in [0.717, 1.165) is 37.8 Å². The first-order chi connectivity index (χ1) is 14.0. The van der Waals surface area contributed by atoms with Gasteiger partial charge in [0.05, 0.1) is 16.8 Å². The monoisotopic (exact) mass is 550 g/mol. The molecule has 0 spiro atoms. The summed E-state index contributed by atoms with van der Waals surface area (Å²) < 4.78 is 8.39. The normalized spacial score (nSPS) is 20.0. The molecule has 0 aliphatic carbocycles. The topological polar surface area (TPSA) is 24.8 Å². The van der Waals surface area contributed by atoms with Gasteiger partial charge in [-0.3, -0.25) is 0 Å². The number of benzene rings is 3. The van der Waals surface area contributed by atoms with Gasteiger partial charge in [-0.25, -0.2) is 5.01 Å². The largest absolute Gasteiger partial charge is 0.463 e. The molecule has 146 valence electrons. The SMILES string of the molecule is Clc1cc(Cl)c2c(c1)[C@H]1CC(c3ccc(Br)cc3)=NN1[C@@H](c1ccccc1Br)O2. The summed E-state index contributed by atoms with van der Waals surface area (Å²) in [6.07, 6.45) is 0.352. The number of rotatable bonds is 2. The summed E-state index contributed by atoms with van der Waals surface area (Å²) in [6.45, 7) is 0. The van der Waals surface area contributed by atoms with Crippen molar-refractivity contribution >= 4 is 60.8 Å². The van der Waals surface area contributed by atoms with Crippen molar-refractivity contribution in [2.45, 2.75) is 18.7 Å². The van der Waals surface area contributed by atoms with Gasteiger partial charge in [-0.15, -0.1) is 0 Å². The molecule has 2 aliphatic heterocycles. The van der Waals surface area contributed by atoms with E-state index in [1.807, 2.05) is 47.5 Å². The Morgan fingerprint density at radius 1 is 0.966 bits per heavy atom. The highest BCUT2D eigenvalue weighted by molar-refractivity contribution is 9.10. The van der Waals surface area contributed by atoms with Crippen LogP contribution in [0.25, 0.3) is 0 Å². The van der Waals surface area contributed by atoms with Crippen LogP contribution in [0.2, 0.25) is 10.0 Å². The third-order valence-corrected chi connectivity index (χ3v) is 6.91. The highest BCUT2D eigenvalue weighted by atomic mass is 79.9. The number of hydrogen-bond acceptors (Lipinski definition) is 3. The molecule has 3 aromatic rings. The fourth-order valence-corrected chi connectivity index (χ4v) is 5.11. The zero-order chi connectivity index (χ0) is 20.1. The second-order valence-corrected chi connectivity index (χ2v) is 9.56. The van der Waals surface area contributed by atoms with E-state index in [1.54, 1.807) is 6.07 Å². The molecule has 2 aliphatic rings. The van der Waals surface area contributed by atoms with Crippen LogP contribution in [0.5, 0.6) is 5.75 Å². The zero-order valence-electron chi connectivity index (χ0n) is 14.9. The van der Waals surface area contributed by atoms with Crippen molar-refractivity contribution in [3.8, 4) is 5.75 Å². The van der Waals surface area contributed by atoms with Gasteiger partial charge in [0.25, 0.3) is 0 Å². The minimum absolute atomic E-state index is 0.00861. The maximum Gasteiger partial charge on any atom is 0.215 e. The highest BCUT2D eigenvalue weighted by Crippen LogP contribution is 2.51. The van der Waals surface area contributed by atoms with Gasteiger partial charge in [0.15, 0.2) is 0 Å². The molecule has 0 bridgehead atoms. The van der Waals surface area contributed by atoms with Gasteiger partial charge < -0.3 is 4.74 Å². The molecule has 2 atom stereocenters. The Bertz CT molecular complexity index is 1130. The third kappa shape index (κ3) is 3.48. The molecule has 0 saturated heterocycles. The summed E-state index contributed by atoms with van der Waals surface area (Å²) in [5, 5.41) is 8.10. The molecule has 0 aromatic heterocycles. The molecule has 0 fully saturated rings. The summed E-state index contributed by atoms with van der Waals surface area (Å²) in [7, 11) is 0. The maximum atomic E-state index is 6.52. The predicted molar refractivity (Wildman–Crippen MR) is 124 cm³/mol. The smallest absolute Gasteiger partial charge is 0.215 e. The number of ether oxygens (including phenoxy) is 1. The van der Waals surface area contributed by atoms with Crippen molar-refractivity contribution in [2.75, 3.05) is 0 Å². The summed E-state index contributed by atoms with van der Waals surface area (Å²) in [4.78, 5) is 0. The molecular weight excluding hydrogens is 539 g/mol. The van der Waals surface area contributed by atoms with Gasteiger partial charge in [-0.1, -0.05) is 85.4 Å². The van der Waals surface area contributed by atoms with Gasteiger partial charge in [-0.2, -0.15) is 5.10 Å². The molecule has 0 unspecified atom stereocenters. The second kappa shape index (κ2) is 7.62. The number of nitrogens with zero attached hydrogens (tertiary/aromatic N) is 2. The van der Waals surface area contributed by atoms with Gasteiger partial charge in [0.2, 0.25) is 6.23 Å². The van der Waals surface area contributed by atoms with Gasteiger partial charge >= 0.3 is 0 Å². The average molecular weight is 553 g/mol. The van der Waals surface area contributed by atoms with Gasteiger partial charge in [-0.05, 0) is 35.9 Å². The van der Waals surface area contributed by atoms with Crippen LogP contribution in [0.3, 0.4) is 0 Å². The van der Waals surface area contributed by atoms with Crippen molar-refractivity contribution < 1.29 is 4.74 Å². The first kappa shape index (κ1) is 19.4. The van der Waals surface area contributed by atoms with E-state index in [1.165, 1.54) is 0 Å². The molecule has 0 amide bonds. The number of hydrogen-bond donors (Lipinski definition) is 0. The maximum absolute atomic E-state index is 6.52. The zero-order valence-corrected chi connectivity index (χ0v) is 19.6. The highest BCUT2D eigenvalue weighted by Gasteiger charge is 2.42. The number of fused-ring (bicyclic) bond motifs is 3. The fourth-order valence-electron chi connectivity index (χ4n) is 3.81. The van der Waals surface area contributed by atoms with Crippen molar-refractivity contribution in [3.05, 3.63) is 96.3 Å². The first-order valence-electron chi connectivity index (χ1n) is 9.03. The Hall–Kier alpha value is -1.53. The number of halogens is 4. The minimum Gasteiger partial charge on any atom is -0.463 e. The van der Waals surface area contributed by atoms with Crippen molar-refractivity contribution in [1.29, 1.82) is 0 Å². The number of hydrazone groups is 1. The van der Waals surface area contributed by atoms with Crippen LogP contribution in [0, 0.1) is 0 Å². The fraction of sp³-hybridized carbons (Fsp3) is 0.136. The molecule has 29 heavy (non-hydrogen) atoms. The lowest BCUT2D eigenvalue weighted by Crippen LogP contribution is -2.34. The molecular formula is C22H14Br2Cl2N2O. The summed E-state index contributed by atoms with van der Waals surface area (Å²) in [5.41, 5.74) is 4.05. The predicted octanol–water partition coefficient (Wildman–Crippen LogP) is 7.76. The van der Waals surface area contributed by atoms with E-state index < -0.39 is 6.23 Å². The van der Waals surface area contributed by atoms with E-state index >= 15 is 0 Å². The Morgan fingerprint density at radius 3 is 2.48 bits per heavy atom. The van der Waals surface area contributed by atoms with E-state index in [-0.39, 0.29) is 6.04 Å².